The first-order chi connectivity index (χ1) is 27.5. The molecule has 0 bridgehead atoms. The van der Waals surface area contributed by atoms with Crippen LogP contribution in [-0.2, 0) is 5.41 Å². The number of rotatable bonds is 5. The number of benzene rings is 8. The van der Waals surface area contributed by atoms with Gasteiger partial charge in [0.1, 0.15) is 0 Å². The summed E-state index contributed by atoms with van der Waals surface area (Å²) in [7, 11) is 0. The summed E-state index contributed by atoms with van der Waals surface area (Å²) >= 11 is 1.87. The maximum Gasteiger partial charge on any atom is 0.160 e. The number of aromatic nitrogens is 2. The first-order valence-corrected chi connectivity index (χ1v) is 20.0. The normalized spacial score (nSPS) is 13.0. The summed E-state index contributed by atoms with van der Waals surface area (Å²) in [6, 6.07) is 66.0. The Balaban J connectivity index is 1.13. The van der Waals surface area contributed by atoms with Crippen LogP contribution < -0.4 is 0 Å². The molecule has 3 heteroatoms. The van der Waals surface area contributed by atoms with Gasteiger partial charge in [0.25, 0.3) is 0 Å². The van der Waals surface area contributed by atoms with Gasteiger partial charge >= 0.3 is 0 Å². The highest BCUT2D eigenvalue weighted by Crippen LogP contribution is 2.51. The lowest BCUT2D eigenvalue weighted by Gasteiger charge is -2.22. The van der Waals surface area contributed by atoms with E-state index in [2.05, 4.69) is 190 Å². The molecule has 0 saturated carbocycles. The van der Waals surface area contributed by atoms with Crippen LogP contribution in [-0.4, -0.2) is 9.97 Å². The van der Waals surface area contributed by atoms with E-state index in [4.69, 9.17) is 9.97 Å². The van der Waals surface area contributed by atoms with E-state index in [-0.39, 0.29) is 5.41 Å². The van der Waals surface area contributed by atoms with Gasteiger partial charge < -0.3 is 0 Å². The minimum Gasteiger partial charge on any atom is -0.228 e. The van der Waals surface area contributed by atoms with Crippen molar-refractivity contribution in [3.63, 3.8) is 0 Å². The van der Waals surface area contributed by atoms with Crippen LogP contribution in [0.3, 0.4) is 0 Å². The summed E-state index contributed by atoms with van der Waals surface area (Å²) in [5.41, 5.74) is 14.8. The third kappa shape index (κ3) is 5.31. The van der Waals surface area contributed by atoms with Crippen molar-refractivity contribution in [1.82, 2.24) is 9.97 Å². The summed E-state index contributed by atoms with van der Waals surface area (Å²) in [6.07, 6.45) is 0. The van der Waals surface area contributed by atoms with Crippen molar-refractivity contribution in [2.75, 3.05) is 0 Å². The average molecular weight is 733 g/mol. The van der Waals surface area contributed by atoms with Crippen molar-refractivity contribution in [1.29, 1.82) is 0 Å². The van der Waals surface area contributed by atoms with E-state index in [0.29, 0.717) is 5.82 Å². The molecule has 11 rings (SSSR count). The molecule has 264 valence electrons. The average Bonchev–Trinajstić information content (AvgIpc) is 3.74. The molecule has 0 saturated heterocycles. The lowest BCUT2D eigenvalue weighted by molar-refractivity contribution is 0.661. The van der Waals surface area contributed by atoms with Crippen molar-refractivity contribution in [3.8, 4) is 67.3 Å². The number of nitrogens with zero attached hydrogens (tertiary/aromatic N) is 2. The second kappa shape index (κ2) is 12.7. The van der Waals surface area contributed by atoms with Crippen LogP contribution >= 0.6 is 11.3 Å². The molecule has 0 fully saturated rings. The third-order valence-corrected chi connectivity index (χ3v) is 12.9. The minimum atomic E-state index is -0.106. The second-order valence-electron chi connectivity index (χ2n) is 15.4. The second-order valence-corrected chi connectivity index (χ2v) is 16.5. The van der Waals surface area contributed by atoms with Gasteiger partial charge in [0.05, 0.1) is 11.4 Å². The fourth-order valence-corrected chi connectivity index (χ4v) is 10.00. The van der Waals surface area contributed by atoms with Crippen LogP contribution in [0.15, 0.2) is 182 Å². The lowest BCUT2D eigenvalue weighted by Crippen LogP contribution is -2.14. The van der Waals surface area contributed by atoms with Crippen molar-refractivity contribution in [2.45, 2.75) is 19.3 Å². The van der Waals surface area contributed by atoms with Crippen LogP contribution in [0.1, 0.15) is 25.0 Å². The van der Waals surface area contributed by atoms with Crippen molar-refractivity contribution in [2.24, 2.45) is 0 Å². The van der Waals surface area contributed by atoms with Crippen LogP contribution in [0, 0.1) is 0 Å². The summed E-state index contributed by atoms with van der Waals surface area (Å²) in [6.45, 7) is 4.69. The van der Waals surface area contributed by atoms with E-state index in [1.54, 1.807) is 0 Å². The topological polar surface area (TPSA) is 25.8 Å². The van der Waals surface area contributed by atoms with Crippen LogP contribution in [0.25, 0.3) is 98.2 Å². The Morgan fingerprint density at radius 1 is 0.393 bits per heavy atom. The Morgan fingerprint density at radius 2 is 1.02 bits per heavy atom. The van der Waals surface area contributed by atoms with E-state index in [0.717, 1.165) is 33.6 Å². The zero-order valence-electron chi connectivity index (χ0n) is 31.1. The predicted octanol–water partition coefficient (Wildman–Crippen LogP) is 14.6. The first kappa shape index (κ1) is 32.7. The Labute approximate surface area is 330 Å². The lowest BCUT2D eigenvalue weighted by atomic mass is 9.81. The summed E-state index contributed by atoms with van der Waals surface area (Å²) in [5, 5.41) is 5.13. The van der Waals surface area contributed by atoms with Gasteiger partial charge in [-0.05, 0) is 104 Å². The molecular weight excluding hydrogens is 697 g/mol. The minimum absolute atomic E-state index is 0.106. The van der Waals surface area contributed by atoms with Gasteiger partial charge in [0.2, 0.25) is 0 Å². The summed E-state index contributed by atoms with van der Waals surface area (Å²) < 4.78 is 2.60. The Hall–Kier alpha value is -6.68. The molecule has 2 aromatic heterocycles. The van der Waals surface area contributed by atoms with Gasteiger partial charge in [-0.15, -0.1) is 11.3 Å². The molecule has 0 amide bonds. The highest BCUT2D eigenvalue weighted by atomic mass is 32.1. The molecule has 0 aliphatic heterocycles. The maximum atomic E-state index is 5.32. The van der Waals surface area contributed by atoms with Gasteiger partial charge in [0, 0.05) is 42.3 Å². The number of thiophene rings is 1. The third-order valence-electron chi connectivity index (χ3n) is 11.6. The molecule has 2 heterocycles. The first-order valence-electron chi connectivity index (χ1n) is 19.2. The fraction of sp³-hybridized carbons (Fsp3) is 0.0566. The van der Waals surface area contributed by atoms with E-state index < -0.39 is 0 Å². The van der Waals surface area contributed by atoms with Crippen LogP contribution in [0.4, 0.5) is 0 Å². The molecule has 0 atom stereocenters. The zero-order chi connectivity index (χ0) is 37.4. The van der Waals surface area contributed by atoms with E-state index in [1.807, 2.05) is 17.4 Å². The standard InChI is InChI=1S/C53H36N2S/c1-53(2)46-25-24-37(30-44(46)45-29-35-18-9-10-19-36(35)31-47(45)53)48-32-49(55-52(54-48)34-16-7-4-8-17-34)40-27-38(33-14-5-3-6-15-33)26-39(28-40)41-21-13-22-43-42-20-11-12-23-50(42)56-51(41)43/h3-32H,1-2H3. The quantitative estimate of drug-likeness (QED) is 0.176. The summed E-state index contributed by atoms with van der Waals surface area (Å²) in [5.74, 6) is 0.712. The molecule has 1 aliphatic rings. The number of fused-ring (bicyclic) bond motifs is 7. The zero-order valence-corrected chi connectivity index (χ0v) is 31.9. The summed E-state index contributed by atoms with van der Waals surface area (Å²) in [4.78, 5) is 10.6. The van der Waals surface area contributed by atoms with Gasteiger partial charge in [0.15, 0.2) is 5.82 Å². The Kier molecular flexibility index (Phi) is 7.42. The predicted molar refractivity (Wildman–Crippen MR) is 237 cm³/mol. The molecule has 2 nitrogen and oxygen atoms in total. The molecule has 0 radical (unpaired) electrons. The Bertz CT molecular complexity index is 3160. The van der Waals surface area contributed by atoms with Gasteiger partial charge in [-0.2, -0.15) is 0 Å². The molecular formula is C53H36N2S. The van der Waals surface area contributed by atoms with Crippen LogP contribution in [0.5, 0.6) is 0 Å². The smallest absolute Gasteiger partial charge is 0.160 e. The Morgan fingerprint density at radius 3 is 1.82 bits per heavy atom. The van der Waals surface area contributed by atoms with E-state index >= 15 is 0 Å². The number of hydrogen-bond acceptors (Lipinski definition) is 3. The van der Waals surface area contributed by atoms with Gasteiger partial charge in [-0.1, -0.05) is 147 Å². The number of hydrogen-bond donors (Lipinski definition) is 0. The van der Waals surface area contributed by atoms with Crippen LogP contribution in [0.2, 0.25) is 0 Å². The monoisotopic (exact) mass is 732 g/mol. The fourth-order valence-electron chi connectivity index (χ4n) is 8.76. The van der Waals surface area contributed by atoms with Crippen molar-refractivity contribution in [3.05, 3.63) is 193 Å². The van der Waals surface area contributed by atoms with Crippen molar-refractivity contribution < 1.29 is 0 Å². The SMILES string of the molecule is CC1(C)c2ccc(-c3cc(-c4cc(-c5ccccc5)cc(-c5cccc6c5sc5ccccc56)c4)nc(-c4ccccc4)n3)cc2-c2cc3ccccc3cc21. The van der Waals surface area contributed by atoms with Crippen molar-refractivity contribution >= 4 is 42.3 Å². The maximum absolute atomic E-state index is 5.32. The molecule has 0 unspecified atom stereocenters. The van der Waals surface area contributed by atoms with Gasteiger partial charge in [-0.3, -0.25) is 0 Å². The molecule has 56 heavy (non-hydrogen) atoms. The highest BCUT2D eigenvalue weighted by Gasteiger charge is 2.36. The molecule has 0 N–H and O–H groups in total. The van der Waals surface area contributed by atoms with E-state index in [1.165, 1.54) is 69.9 Å². The largest absolute Gasteiger partial charge is 0.228 e. The molecule has 8 aromatic carbocycles. The molecule has 10 aromatic rings. The highest BCUT2D eigenvalue weighted by molar-refractivity contribution is 7.26. The molecule has 1 aliphatic carbocycles. The van der Waals surface area contributed by atoms with E-state index in [9.17, 15) is 0 Å². The van der Waals surface area contributed by atoms with Gasteiger partial charge in [-0.25, -0.2) is 9.97 Å². The molecule has 0 spiro atoms.